The SMILES string of the molecule is CCOOCC.O=C(O)O.O=C(O)O. The number of carbonyl (C=O) groups is 2. The Morgan fingerprint density at radius 3 is 1.07 bits per heavy atom. The van der Waals surface area contributed by atoms with Crippen molar-refractivity contribution in [1.29, 1.82) is 0 Å². The lowest BCUT2D eigenvalue weighted by Gasteiger charge is -1.92. The summed E-state index contributed by atoms with van der Waals surface area (Å²) in [5.41, 5.74) is 0. The molecular weight excluding hydrogens is 200 g/mol. The lowest BCUT2D eigenvalue weighted by atomic mass is 10.9. The summed E-state index contributed by atoms with van der Waals surface area (Å²) < 4.78 is 0. The van der Waals surface area contributed by atoms with Gasteiger partial charge in [0.2, 0.25) is 0 Å². The molecule has 0 aromatic rings. The average molecular weight is 214 g/mol. The standard InChI is InChI=1S/C4H10O2.2CH2O3/c1-3-5-6-4-2;2*2-1(3)4/h3-4H2,1-2H3;2*(H2,2,3,4). The third-order valence-electron chi connectivity index (χ3n) is 0.319. The van der Waals surface area contributed by atoms with Crippen molar-refractivity contribution in [2.75, 3.05) is 13.2 Å². The van der Waals surface area contributed by atoms with E-state index < -0.39 is 12.3 Å². The lowest BCUT2D eigenvalue weighted by Crippen LogP contribution is -1.90. The Morgan fingerprint density at radius 1 is 0.857 bits per heavy atom. The van der Waals surface area contributed by atoms with Gasteiger partial charge < -0.3 is 20.4 Å². The van der Waals surface area contributed by atoms with Gasteiger partial charge in [-0.05, 0) is 13.8 Å². The van der Waals surface area contributed by atoms with Crippen LogP contribution in [-0.2, 0) is 9.78 Å². The predicted octanol–water partition coefficient (Wildman–Crippen LogP) is 1.42. The highest BCUT2D eigenvalue weighted by molar-refractivity contribution is 5.53. The van der Waals surface area contributed by atoms with E-state index in [2.05, 4.69) is 9.78 Å². The van der Waals surface area contributed by atoms with Crippen molar-refractivity contribution >= 4 is 12.3 Å². The molecule has 0 aliphatic carbocycles. The summed E-state index contributed by atoms with van der Waals surface area (Å²) in [6.07, 6.45) is -3.67. The number of hydrogen-bond donors (Lipinski definition) is 4. The van der Waals surface area contributed by atoms with Crippen LogP contribution in [0.15, 0.2) is 0 Å². The molecule has 8 heteroatoms. The van der Waals surface area contributed by atoms with Gasteiger partial charge in [-0.1, -0.05) is 0 Å². The van der Waals surface area contributed by atoms with E-state index in [0.29, 0.717) is 13.2 Å². The maximum atomic E-state index is 8.56. The van der Waals surface area contributed by atoms with Gasteiger partial charge in [0.25, 0.3) is 0 Å². The summed E-state index contributed by atoms with van der Waals surface area (Å²) in [4.78, 5) is 26.1. The molecule has 0 aromatic carbocycles. The molecule has 0 aliphatic heterocycles. The van der Waals surface area contributed by atoms with Crippen molar-refractivity contribution in [2.24, 2.45) is 0 Å². The molecule has 0 amide bonds. The minimum absolute atomic E-state index is 0.633. The third-order valence-corrected chi connectivity index (χ3v) is 0.319. The molecule has 4 N–H and O–H groups in total. The molecule has 0 radical (unpaired) electrons. The van der Waals surface area contributed by atoms with Crippen molar-refractivity contribution in [3.63, 3.8) is 0 Å². The van der Waals surface area contributed by atoms with Gasteiger partial charge in [0, 0.05) is 0 Å². The molecular formula is C6H14O8. The van der Waals surface area contributed by atoms with Crippen LogP contribution in [0.25, 0.3) is 0 Å². The molecule has 14 heavy (non-hydrogen) atoms. The second-order valence-electron chi connectivity index (χ2n) is 1.38. The average Bonchev–Trinajstić information content (AvgIpc) is 1.98. The monoisotopic (exact) mass is 214 g/mol. The number of hydrogen-bond acceptors (Lipinski definition) is 4. The van der Waals surface area contributed by atoms with Crippen LogP contribution in [0.4, 0.5) is 9.59 Å². The molecule has 0 rings (SSSR count). The summed E-state index contributed by atoms with van der Waals surface area (Å²) in [6, 6.07) is 0. The van der Waals surface area contributed by atoms with Gasteiger partial charge in [0.15, 0.2) is 0 Å². The molecule has 0 aromatic heterocycles. The zero-order chi connectivity index (χ0) is 12.0. The predicted molar refractivity (Wildman–Crippen MR) is 44.6 cm³/mol. The summed E-state index contributed by atoms with van der Waals surface area (Å²) in [6.45, 7) is 5.03. The fourth-order valence-corrected chi connectivity index (χ4v) is 0.167. The van der Waals surface area contributed by atoms with E-state index in [1.165, 1.54) is 0 Å². The zero-order valence-electron chi connectivity index (χ0n) is 7.84. The molecule has 86 valence electrons. The van der Waals surface area contributed by atoms with Crippen LogP contribution in [0.5, 0.6) is 0 Å². The minimum atomic E-state index is -1.83. The molecule has 0 saturated carbocycles. The Bertz CT molecular complexity index is 110. The number of rotatable bonds is 3. The van der Waals surface area contributed by atoms with Crippen molar-refractivity contribution in [3.05, 3.63) is 0 Å². The van der Waals surface area contributed by atoms with E-state index in [9.17, 15) is 0 Å². The Morgan fingerprint density at radius 2 is 1.00 bits per heavy atom. The van der Waals surface area contributed by atoms with E-state index in [0.717, 1.165) is 0 Å². The highest BCUT2D eigenvalue weighted by Gasteiger charge is 1.71. The second kappa shape index (κ2) is 17.5. The van der Waals surface area contributed by atoms with Gasteiger partial charge in [-0.25, -0.2) is 19.4 Å². The maximum Gasteiger partial charge on any atom is 0.503 e. The fraction of sp³-hybridized carbons (Fsp3) is 0.667. The van der Waals surface area contributed by atoms with Gasteiger partial charge in [-0.2, -0.15) is 0 Å². The first-order chi connectivity index (χ1) is 6.38. The van der Waals surface area contributed by atoms with Crippen LogP contribution in [0, 0.1) is 0 Å². The largest absolute Gasteiger partial charge is 0.503 e. The molecule has 8 nitrogen and oxygen atoms in total. The lowest BCUT2D eigenvalue weighted by molar-refractivity contribution is -0.287. The van der Waals surface area contributed by atoms with Crippen LogP contribution in [0.1, 0.15) is 13.8 Å². The quantitative estimate of drug-likeness (QED) is 0.315. The number of carboxylic acid groups (broad SMARTS) is 4. The van der Waals surface area contributed by atoms with E-state index in [4.69, 9.17) is 30.0 Å². The molecule has 0 unspecified atom stereocenters. The summed E-state index contributed by atoms with van der Waals surface area (Å²) in [5.74, 6) is 0. The van der Waals surface area contributed by atoms with E-state index >= 15 is 0 Å². The van der Waals surface area contributed by atoms with E-state index in [1.807, 2.05) is 13.8 Å². The van der Waals surface area contributed by atoms with Gasteiger partial charge in [0.05, 0.1) is 13.2 Å². The van der Waals surface area contributed by atoms with Crippen LogP contribution >= 0.6 is 0 Å². The van der Waals surface area contributed by atoms with E-state index in [1.54, 1.807) is 0 Å². The van der Waals surface area contributed by atoms with Crippen molar-refractivity contribution < 1.29 is 39.8 Å². The van der Waals surface area contributed by atoms with E-state index in [-0.39, 0.29) is 0 Å². The smallest absolute Gasteiger partial charge is 0.450 e. The molecule has 0 atom stereocenters. The Kier molecular flexibility index (Phi) is 22.9. The van der Waals surface area contributed by atoms with Crippen molar-refractivity contribution in [3.8, 4) is 0 Å². The zero-order valence-corrected chi connectivity index (χ0v) is 7.84. The minimum Gasteiger partial charge on any atom is -0.450 e. The Hall–Kier alpha value is -1.54. The Balaban J connectivity index is -0.000000135. The van der Waals surface area contributed by atoms with Gasteiger partial charge in [0.1, 0.15) is 0 Å². The van der Waals surface area contributed by atoms with Crippen molar-refractivity contribution in [2.45, 2.75) is 13.8 Å². The Labute approximate surface area is 80.2 Å². The molecule has 0 saturated heterocycles. The second-order valence-corrected chi connectivity index (χ2v) is 1.38. The summed E-state index contributed by atoms with van der Waals surface area (Å²) in [7, 11) is 0. The van der Waals surface area contributed by atoms with Gasteiger partial charge in [-0.15, -0.1) is 0 Å². The normalized spacial score (nSPS) is 7.29. The molecule has 0 spiro atoms. The summed E-state index contributed by atoms with van der Waals surface area (Å²) >= 11 is 0. The molecule has 0 fully saturated rings. The fourth-order valence-electron chi connectivity index (χ4n) is 0.167. The molecule has 0 aliphatic rings. The van der Waals surface area contributed by atoms with Crippen LogP contribution in [0.3, 0.4) is 0 Å². The van der Waals surface area contributed by atoms with Crippen LogP contribution in [-0.4, -0.2) is 46.0 Å². The topological polar surface area (TPSA) is 134 Å². The van der Waals surface area contributed by atoms with Crippen molar-refractivity contribution in [1.82, 2.24) is 0 Å². The molecule has 0 bridgehead atoms. The van der Waals surface area contributed by atoms with Crippen LogP contribution in [0.2, 0.25) is 0 Å². The maximum absolute atomic E-state index is 8.56. The van der Waals surface area contributed by atoms with Crippen LogP contribution < -0.4 is 0 Å². The summed E-state index contributed by atoms with van der Waals surface area (Å²) in [5, 5.41) is 27.9. The van der Waals surface area contributed by atoms with Gasteiger partial charge >= 0.3 is 12.3 Å². The third kappa shape index (κ3) is 439. The highest BCUT2D eigenvalue weighted by atomic mass is 17.2. The first kappa shape index (κ1) is 18.3. The first-order valence-electron chi connectivity index (χ1n) is 3.46. The molecule has 0 heterocycles. The first-order valence-corrected chi connectivity index (χ1v) is 3.46. The highest BCUT2D eigenvalue weighted by Crippen LogP contribution is 1.72. The van der Waals surface area contributed by atoms with Gasteiger partial charge in [-0.3, -0.25) is 0 Å².